The fourth-order valence-corrected chi connectivity index (χ4v) is 2.06. The van der Waals surface area contributed by atoms with Crippen molar-refractivity contribution in [2.24, 2.45) is 11.8 Å². The topological polar surface area (TPSA) is 66.4 Å². The van der Waals surface area contributed by atoms with Crippen molar-refractivity contribution in [1.29, 1.82) is 0 Å². The van der Waals surface area contributed by atoms with E-state index in [1.54, 1.807) is 18.2 Å². The Labute approximate surface area is 111 Å². The molecule has 1 aromatic carbocycles. The van der Waals surface area contributed by atoms with Gasteiger partial charge in [-0.2, -0.15) is 0 Å². The fraction of sp³-hybridized carbons (Fsp3) is 0.273. The van der Waals surface area contributed by atoms with Gasteiger partial charge in [0.05, 0.1) is 16.9 Å². The average molecular weight is 319 g/mol. The molecule has 0 aromatic heterocycles. The van der Waals surface area contributed by atoms with E-state index in [0.717, 1.165) is 0 Å². The Morgan fingerprint density at radius 1 is 1.41 bits per heavy atom. The number of carboxylic acid groups (broad SMARTS) is 1. The molecule has 4 nitrogen and oxygen atoms in total. The molecule has 1 aliphatic rings. The first-order valence-electron chi connectivity index (χ1n) is 4.98. The molecule has 0 spiro atoms. The van der Waals surface area contributed by atoms with Crippen LogP contribution >= 0.6 is 27.5 Å². The Kier molecular flexibility index (Phi) is 3.40. The number of amides is 1. The van der Waals surface area contributed by atoms with Crippen LogP contribution in [0.5, 0.6) is 0 Å². The maximum atomic E-state index is 11.7. The van der Waals surface area contributed by atoms with Gasteiger partial charge in [0.1, 0.15) is 0 Å². The highest BCUT2D eigenvalue weighted by Crippen LogP contribution is 2.39. The van der Waals surface area contributed by atoms with Crippen LogP contribution in [0.4, 0.5) is 5.69 Å². The molecule has 0 aliphatic heterocycles. The molecule has 1 aromatic rings. The number of carboxylic acids is 1. The van der Waals surface area contributed by atoms with Crippen LogP contribution in [0.15, 0.2) is 22.7 Å². The SMILES string of the molecule is O=C(O)C1CC1C(=O)Nc1ccc(Cl)c(Br)c1. The Morgan fingerprint density at radius 2 is 2.12 bits per heavy atom. The lowest BCUT2D eigenvalue weighted by Crippen LogP contribution is -2.16. The molecule has 2 N–H and O–H groups in total. The number of hydrogen-bond acceptors (Lipinski definition) is 2. The number of rotatable bonds is 3. The van der Waals surface area contributed by atoms with Crippen molar-refractivity contribution >= 4 is 45.1 Å². The lowest BCUT2D eigenvalue weighted by atomic mass is 10.2. The van der Waals surface area contributed by atoms with Gasteiger partial charge in [-0.15, -0.1) is 0 Å². The maximum Gasteiger partial charge on any atom is 0.307 e. The molecule has 1 aliphatic carbocycles. The summed E-state index contributed by atoms with van der Waals surface area (Å²) in [5, 5.41) is 11.9. The van der Waals surface area contributed by atoms with E-state index in [1.807, 2.05) is 0 Å². The van der Waals surface area contributed by atoms with Gasteiger partial charge in [0.15, 0.2) is 0 Å². The van der Waals surface area contributed by atoms with Crippen molar-refractivity contribution < 1.29 is 14.7 Å². The summed E-state index contributed by atoms with van der Waals surface area (Å²) >= 11 is 9.07. The van der Waals surface area contributed by atoms with E-state index >= 15 is 0 Å². The van der Waals surface area contributed by atoms with Crippen LogP contribution in [-0.4, -0.2) is 17.0 Å². The smallest absolute Gasteiger partial charge is 0.307 e. The van der Waals surface area contributed by atoms with Gasteiger partial charge in [-0.1, -0.05) is 11.6 Å². The van der Waals surface area contributed by atoms with Crippen LogP contribution in [0.1, 0.15) is 6.42 Å². The standard InChI is InChI=1S/C11H9BrClNO3/c12-8-3-5(1-2-9(8)13)14-10(15)6-4-7(6)11(16)17/h1-3,6-7H,4H2,(H,14,15)(H,16,17). The van der Waals surface area contributed by atoms with Gasteiger partial charge in [0, 0.05) is 10.2 Å². The molecular weight excluding hydrogens is 309 g/mol. The van der Waals surface area contributed by atoms with E-state index in [-0.39, 0.29) is 5.91 Å². The molecule has 90 valence electrons. The first-order chi connectivity index (χ1) is 7.99. The second-order valence-corrected chi connectivity index (χ2v) is 5.17. The molecule has 1 amide bonds. The Hall–Kier alpha value is -1.07. The minimum atomic E-state index is -0.914. The van der Waals surface area contributed by atoms with Gasteiger partial charge in [-0.05, 0) is 40.5 Å². The number of carbonyl (C=O) groups excluding carboxylic acids is 1. The van der Waals surface area contributed by atoms with Gasteiger partial charge in [-0.25, -0.2) is 0 Å². The highest BCUT2D eigenvalue weighted by molar-refractivity contribution is 9.10. The molecule has 1 fully saturated rings. The largest absolute Gasteiger partial charge is 0.481 e. The van der Waals surface area contributed by atoms with E-state index in [9.17, 15) is 9.59 Å². The highest BCUT2D eigenvalue weighted by atomic mass is 79.9. The van der Waals surface area contributed by atoms with Crippen molar-refractivity contribution in [3.8, 4) is 0 Å². The zero-order valence-electron chi connectivity index (χ0n) is 8.61. The monoisotopic (exact) mass is 317 g/mol. The maximum absolute atomic E-state index is 11.7. The molecule has 0 radical (unpaired) electrons. The molecule has 0 bridgehead atoms. The average Bonchev–Trinajstić information content (AvgIpc) is 3.03. The van der Waals surface area contributed by atoms with Gasteiger partial charge in [0.2, 0.25) is 5.91 Å². The van der Waals surface area contributed by atoms with Gasteiger partial charge < -0.3 is 10.4 Å². The summed E-state index contributed by atoms with van der Waals surface area (Å²) in [5.41, 5.74) is 0.599. The molecular formula is C11H9BrClNO3. The second-order valence-electron chi connectivity index (χ2n) is 3.91. The Bertz CT molecular complexity index is 492. The van der Waals surface area contributed by atoms with Crippen molar-refractivity contribution in [1.82, 2.24) is 0 Å². The van der Waals surface area contributed by atoms with Crippen molar-refractivity contribution in [2.45, 2.75) is 6.42 Å². The van der Waals surface area contributed by atoms with Crippen LogP contribution < -0.4 is 5.32 Å². The quantitative estimate of drug-likeness (QED) is 0.900. The van der Waals surface area contributed by atoms with Gasteiger partial charge in [-0.3, -0.25) is 9.59 Å². The van der Waals surface area contributed by atoms with Crippen molar-refractivity contribution in [2.75, 3.05) is 5.32 Å². The summed E-state index contributed by atoms with van der Waals surface area (Å²) < 4.78 is 0.683. The number of carbonyl (C=O) groups is 2. The molecule has 1 saturated carbocycles. The predicted molar refractivity (Wildman–Crippen MR) is 67.0 cm³/mol. The number of benzene rings is 1. The van der Waals surface area contributed by atoms with E-state index in [0.29, 0.717) is 21.6 Å². The first-order valence-corrected chi connectivity index (χ1v) is 6.15. The highest BCUT2D eigenvalue weighted by Gasteiger charge is 2.48. The van der Waals surface area contributed by atoms with Gasteiger partial charge in [0.25, 0.3) is 0 Å². The van der Waals surface area contributed by atoms with E-state index < -0.39 is 17.8 Å². The van der Waals surface area contributed by atoms with Crippen LogP contribution in [0.3, 0.4) is 0 Å². The third kappa shape index (κ3) is 2.79. The zero-order valence-corrected chi connectivity index (χ0v) is 11.0. The van der Waals surface area contributed by atoms with Crippen molar-refractivity contribution in [3.05, 3.63) is 27.7 Å². The van der Waals surface area contributed by atoms with Crippen LogP contribution in [0.2, 0.25) is 5.02 Å². The summed E-state index contributed by atoms with van der Waals surface area (Å²) in [6.07, 6.45) is 0.413. The molecule has 0 saturated heterocycles. The third-order valence-corrected chi connectivity index (χ3v) is 3.85. The molecule has 2 rings (SSSR count). The number of hydrogen-bond donors (Lipinski definition) is 2. The number of halogens is 2. The van der Waals surface area contributed by atoms with E-state index in [2.05, 4.69) is 21.2 Å². The number of anilines is 1. The third-order valence-electron chi connectivity index (χ3n) is 2.63. The molecule has 0 heterocycles. The minimum absolute atomic E-state index is 0.258. The molecule has 17 heavy (non-hydrogen) atoms. The summed E-state index contributed by atoms with van der Waals surface area (Å²) in [6, 6.07) is 5.00. The first kappa shape index (κ1) is 12.4. The summed E-state index contributed by atoms with van der Waals surface area (Å²) in [7, 11) is 0. The molecule has 2 unspecified atom stereocenters. The lowest BCUT2D eigenvalue weighted by Gasteiger charge is -2.05. The number of nitrogens with one attached hydrogen (secondary N) is 1. The molecule has 2 atom stereocenters. The second kappa shape index (κ2) is 4.66. The fourth-order valence-electron chi connectivity index (χ4n) is 1.57. The van der Waals surface area contributed by atoms with Crippen molar-refractivity contribution in [3.63, 3.8) is 0 Å². The zero-order chi connectivity index (χ0) is 12.6. The summed E-state index contributed by atoms with van der Waals surface area (Å²) in [6.45, 7) is 0. The lowest BCUT2D eigenvalue weighted by molar-refractivity contribution is -0.139. The van der Waals surface area contributed by atoms with Crippen LogP contribution in [0.25, 0.3) is 0 Å². The Morgan fingerprint density at radius 3 is 2.65 bits per heavy atom. The normalized spacial score (nSPS) is 22.0. The van der Waals surface area contributed by atoms with E-state index in [1.165, 1.54) is 0 Å². The predicted octanol–water partition coefficient (Wildman–Crippen LogP) is 2.76. The Balaban J connectivity index is 2.00. The number of aliphatic carboxylic acids is 1. The summed E-state index contributed by atoms with van der Waals surface area (Å²) in [4.78, 5) is 22.3. The van der Waals surface area contributed by atoms with E-state index in [4.69, 9.17) is 16.7 Å². The van der Waals surface area contributed by atoms with Crippen LogP contribution in [-0.2, 0) is 9.59 Å². The van der Waals surface area contributed by atoms with Gasteiger partial charge >= 0.3 is 5.97 Å². The minimum Gasteiger partial charge on any atom is -0.481 e. The summed E-state index contributed by atoms with van der Waals surface area (Å²) in [5.74, 6) is -2.12. The van der Waals surface area contributed by atoms with Crippen LogP contribution in [0, 0.1) is 11.8 Å². The molecule has 6 heteroatoms.